The molecule has 0 bridgehead atoms. The lowest BCUT2D eigenvalue weighted by molar-refractivity contribution is 0.0966. The van der Waals surface area contributed by atoms with E-state index >= 15 is 0 Å². The number of rotatable bonds is 3. The Morgan fingerprint density at radius 3 is 2.67 bits per heavy atom. The van der Waals surface area contributed by atoms with Crippen LogP contribution >= 0.6 is 15.9 Å². The van der Waals surface area contributed by atoms with Gasteiger partial charge in [-0.1, -0.05) is 35.5 Å². The molecule has 15 heavy (non-hydrogen) atoms. The molecule has 1 aromatic carbocycles. The topological polar surface area (TPSA) is 47.8 Å². The molecule has 0 unspecified atom stereocenters. The summed E-state index contributed by atoms with van der Waals surface area (Å²) in [6.45, 7) is 0.199. The first-order valence-electron chi connectivity index (χ1n) is 4.39. The number of carbonyl (C=O) groups is 1. The molecule has 1 heterocycles. The summed E-state index contributed by atoms with van der Waals surface area (Å²) in [4.78, 5) is 11.8. The van der Waals surface area contributed by atoms with Gasteiger partial charge in [0.2, 0.25) is 0 Å². The van der Waals surface area contributed by atoms with Crippen molar-refractivity contribution in [2.75, 3.05) is 0 Å². The fourth-order valence-electron chi connectivity index (χ4n) is 1.20. The van der Waals surface area contributed by atoms with E-state index in [1.165, 1.54) is 4.68 Å². The smallest absolute Gasteiger partial charge is 0.184 e. The minimum Gasteiger partial charge on any atom is -0.292 e. The zero-order valence-corrected chi connectivity index (χ0v) is 9.39. The molecule has 0 saturated heterocycles. The Kier molecular flexibility index (Phi) is 2.91. The number of aromatic nitrogens is 3. The van der Waals surface area contributed by atoms with Gasteiger partial charge in [-0.3, -0.25) is 4.79 Å². The van der Waals surface area contributed by atoms with Gasteiger partial charge in [-0.25, -0.2) is 4.68 Å². The number of nitrogens with zero attached hydrogens (tertiary/aromatic N) is 3. The molecule has 0 radical (unpaired) electrons. The van der Waals surface area contributed by atoms with Gasteiger partial charge in [0.1, 0.15) is 11.1 Å². The highest BCUT2D eigenvalue weighted by Gasteiger charge is 2.08. The van der Waals surface area contributed by atoms with Crippen molar-refractivity contribution < 1.29 is 4.79 Å². The molecule has 1 aromatic heterocycles. The third-order valence-corrected chi connectivity index (χ3v) is 2.57. The van der Waals surface area contributed by atoms with E-state index in [1.54, 1.807) is 18.3 Å². The maximum Gasteiger partial charge on any atom is 0.184 e. The summed E-state index contributed by atoms with van der Waals surface area (Å²) in [5.74, 6) is 0.0156. The largest absolute Gasteiger partial charge is 0.292 e. The van der Waals surface area contributed by atoms with Gasteiger partial charge in [-0.05, 0) is 15.9 Å². The average Bonchev–Trinajstić information content (AvgIpc) is 2.66. The Balaban J connectivity index is 2.15. The summed E-state index contributed by atoms with van der Waals surface area (Å²) >= 11 is 3.25. The molecule has 0 fully saturated rings. The Morgan fingerprint density at radius 1 is 1.33 bits per heavy atom. The SMILES string of the molecule is O=C(Cn1nncc1Br)c1ccccc1. The lowest BCUT2D eigenvalue weighted by Gasteiger charge is -2.01. The second-order valence-electron chi connectivity index (χ2n) is 3.00. The number of carbonyl (C=O) groups excluding carboxylic acids is 1. The van der Waals surface area contributed by atoms with Crippen molar-refractivity contribution in [3.63, 3.8) is 0 Å². The molecule has 2 aromatic rings. The van der Waals surface area contributed by atoms with Crippen LogP contribution in [-0.4, -0.2) is 20.8 Å². The number of Topliss-reactive ketones (excluding diaryl/α,β-unsaturated/α-hetero) is 1. The molecule has 0 spiro atoms. The van der Waals surface area contributed by atoms with E-state index in [9.17, 15) is 4.79 Å². The van der Waals surface area contributed by atoms with Gasteiger partial charge in [0, 0.05) is 5.56 Å². The van der Waals surface area contributed by atoms with Gasteiger partial charge in [-0.2, -0.15) is 0 Å². The van der Waals surface area contributed by atoms with Crippen molar-refractivity contribution in [3.05, 3.63) is 46.7 Å². The van der Waals surface area contributed by atoms with Gasteiger partial charge >= 0.3 is 0 Å². The predicted molar refractivity (Wildman–Crippen MR) is 58.5 cm³/mol. The van der Waals surface area contributed by atoms with Crippen LogP contribution in [0.1, 0.15) is 10.4 Å². The Labute approximate surface area is 95.0 Å². The number of hydrogen-bond donors (Lipinski definition) is 0. The molecular formula is C10H8BrN3O. The number of benzene rings is 1. The molecule has 2 rings (SSSR count). The van der Waals surface area contributed by atoms with Crippen LogP contribution in [0, 0.1) is 0 Å². The molecule has 0 atom stereocenters. The first kappa shape index (κ1) is 10.0. The highest BCUT2D eigenvalue weighted by Crippen LogP contribution is 2.08. The quantitative estimate of drug-likeness (QED) is 0.797. The molecule has 5 heteroatoms. The van der Waals surface area contributed by atoms with E-state index < -0.39 is 0 Å². The highest BCUT2D eigenvalue weighted by atomic mass is 79.9. The van der Waals surface area contributed by atoms with Crippen LogP contribution in [0.3, 0.4) is 0 Å². The Morgan fingerprint density at radius 2 is 2.07 bits per heavy atom. The number of ketones is 1. The van der Waals surface area contributed by atoms with Gasteiger partial charge in [0.15, 0.2) is 5.78 Å². The van der Waals surface area contributed by atoms with E-state index in [4.69, 9.17) is 0 Å². The zero-order valence-electron chi connectivity index (χ0n) is 7.80. The lowest BCUT2D eigenvalue weighted by Crippen LogP contribution is -2.11. The monoisotopic (exact) mass is 265 g/mol. The van der Waals surface area contributed by atoms with Gasteiger partial charge in [-0.15, -0.1) is 5.10 Å². The van der Waals surface area contributed by atoms with Crippen LogP contribution in [0.2, 0.25) is 0 Å². The fourth-order valence-corrected chi connectivity index (χ4v) is 1.49. The Bertz CT molecular complexity index is 467. The summed E-state index contributed by atoms with van der Waals surface area (Å²) in [6.07, 6.45) is 1.55. The number of hydrogen-bond acceptors (Lipinski definition) is 3. The minimum absolute atomic E-state index is 0.0156. The molecule has 0 saturated carbocycles. The molecular weight excluding hydrogens is 258 g/mol. The maximum atomic E-state index is 11.8. The first-order chi connectivity index (χ1) is 7.27. The van der Waals surface area contributed by atoms with Crippen LogP contribution in [0.4, 0.5) is 0 Å². The maximum absolute atomic E-state index is 11.8. The summed E-state index contributed by atoms with van der Waals surface area (Å²) in [7, 11) is 0. The van der Waals surface area contributed by atoms with Crippen LogP contribution in [0.15, 0.2) is 41.1 Å². The van der Waals surface area contributed by atoms with Crippen LogP contribution < -0.4 is 0 Å². The average molecular weight is 266 g/mol. The Hall–Kier alpha value is -1.49. The molecule has 0 aliphatic rings. The van der Waals surface area contributed by atoms with Gasteiger partial charge in [0.05, 0.1) is 6.20 Å². The molecule has 76 valence electrons. The second kappa shape index (κ2) is 4.35. The normalized spacial score (nSPS) is 10.2. The van der Waals surface area contributed by atoms with Crippen molar-refractivity contribution in [3.8, 4) is 0 Å². The standard InChI is InChI=1S/C10H8BrN3O/c11-10-6-12-13-14(10)7-9(15)8-4-2-1-3-5-8/h1-6H,7H2. The van der Waals surface area contributed by atoms with E-state index in [0.717, 1.165) is 0 Å². The minimum atomic E-state index is 0.0156. The fraction of sp³-hybridized carbons (Fsp3) is 0.100. The van der Waals surface area contributed by atoms with E-state index in [2.05, 4.69) is 26.2 Å². The van der Waals surface area contributed by atoms with Crippen LogP contribution in [0.5, 0.6) is 0 Å². The third kappa shape index (κ3) is 2.30. The second-order valence-corrected chi connectivity index (χ2v) is 3.82. The summed E-state index contributed by atoms with van der Waals surface area (Å²) in [6, 6.07) is 9.12. The lowest BCUT2D eigenvalue weighted by atomic mass is 10.1. The summed E-state index contributed by atoms with van der Waals surface area (Å²) < 4.78 is 2.21. The van der Waals surface area contributed by atoms with Crippen molar-refractivity contribution in [1.29, 1.82) is 0 Å². The van der Waals surface area contributed by atoms with E-state index in [-0.39, 0.29) is 12.3 Å². The van der Waals surface area contributed by atoms with Crippen LogP contribution in [-0.2, 0) is 6.54 Å². The van der Waals surface area contributed by atoms with Gasteiger partial charge < -0.3 is 0 Å². The zero-order chi connectivity index (χ0) is 10.7. The summed E-state index contributed by atoms with van der Waals surface area (Å²) in [5, 5.41) is 7.46. The molecule has 4 nitrogen and oxygen atoms in total. The molecule has 0 N–H and O–H groups in total. The third-order valence-electron chi connectivity index (χ3n) is 1.96. The highest BCUT2D eigenvalue weighted by molar-refractivity contribution is 9.10. The molecule has 0 amide bonds. The summed E-state index contributed by atoms with van der Waals surface area (Å²) in [5.41, 5.74) is 0.680. The van der Waals surface area contributed by atoms with Crippen molar-refractivity contribution in [1.82, 2.24) is 15.0 Å². The van der Waals surface area contributed by atoms with Crippen LogP contribution in [0.25, 0.3) is 0 Å². The van der Waals surface area contributed by atoms with E-state index in [0.29, 0.717) is 10.2 Å². The van der Waals surface area contributed by atoms with Crippen molar-refractivity contribution in [2.45, 2.75) is 6.54 Å². The number of halogens is 1. The molecule has 0 aliphatic heterocycles. The van der Waals surface area contributed by atoms with Crippen molar-refractivity contribution in [2.24, 2.45) is 0 Å². The van der Waals surface area contributed by atoms with E-state index in [1.807, 2.05) is 18.2 Å². The van der Waals surface area contributed by atoms with Crippen molar-refractivity contribution >= 4 is 21.7 Å². The molecule has 0 aliphatic carbocycles. The first-order valence-corrected chi connectivity index (χ1v) is 5.19. The van der Waals surface area contributed by atoms with Gasteiger partial charge in [0.25, 0.3) is 0 Å². The predicted octanol–water partition coefficient (Wildman–Crippen LogP) is 1.92.